The van der Waals surface area contributed by atoms with Crippen LogP contribution in [0.2, 0.25) is 0 Å². The SMILES string of the molecule is CCCNC(=O)n1nc(-c2cc(NC(=O)c3cccn3C)ccc2O)cc1C1CC1. The zero-order chi connectivity index (χ0) is 21.3. The van der Waals surface area contributed by atoms with Crippen LogP contribution in [0.3, 0.4) is 0 Å². The minimum Gasteiger partial charge on any atom is -0.507 e. The molecule has 1 fully saturated rings. The Balaban J connectivity index is 1.64. The quantitative estimate of drug-likeness (QED) is 0.543. The molecule has 30 heavy (non-hydrogen) atoms. The Kier molecular flexibility index (Phi) is 5.31. The van der Waals surface area contributed by atoms with Gasteiger partial charge in [-0.2, -0.15) is 9.78 Å². The number of aromatic nitrogens is 3. The Morgan fingerprint density at radius 2 is 2.03 bits per heavy atom. The first-order valence-corrected chi connectivity index (χ1v) is 10.1. The highest BCUT2D eigenvalue weighted by atomic mass is 16.3. The van der Waals surface area contributed by atoms with Gasteiger partial charge in [0.2, 0.25) is 0 Å². The minimum atomic E-state index is -0.266. The molecule has 1 aliphatic rings. The summed E-state index contributed by atoms with van der Waals surface area (Å²) in [5.74, 6) is 0.0936. The molecule has 0 saturated heterocycles. The molecule has 3 N–H and O–H groups in total. The Bertz CT molecular complexity index is 1090. The van der Waals surface area contributed by atoms with E-state index in [2.05, 4.69) is 15.7 Å². The van der Waals surface area contributed by atoms with Crippen LogP contribution in [0.1, 0.15) is 48.3 Å². The summed E-state index contributed by atoms with van der Waals surface area (Å²) in [4.78, 5) is 25.0. The van der Waals surface area contributed by atoms with E-state index in [9.17, 15) is 14.7 Å². The van der Waals surface area contributed by atoms with Crippen LogP contribution < -0.4 is 10.6 Å². The highest BCUT2D eigenvalue weighted by molar-refractivity contribution is 6.03. The van der Waals surface area contributed by atoms with E-state index in [1.54, 1.807) is 42.1 Å². The first-order valence-electron chi connectivity index (χ1n) is 10.1. The first-order chi connectivity index (χ1) is 14.5. The average molecular weight is 407 g/mol. The number of aryl methyl sites for hydroxylation is 1. The van der Waals surface area contributed by atoms with Crippen molar-refractivity contribution in [3.05, 3.63) is 54.0 Å². The lowest BCUT2D eigenvalue weighted by atomic mass is 10.1. The van der Waals surface area contributed by atoms with Crippen molar-refractivity contribution in [2.24, 2.45) is 7.05 Å². The number of aromatic hydroxyl groups is 1. The molecule has 3 aromatic rings. The molecule has 0 atom stereocenters. The maximum Gasteiger partial charge on any atom is 0.342 e. The van der Waals surface area contributed by atoms with Crippen molar-refractivity contribution < 1.29 is 14.7 Å². The molecule has 1 saturated carbocycles. The van der Waals surface area contributed by atoms with E-state index in [4.69, 9.17) is 0 Å². The van der Waals surface area contributed by atoms with E-state index >= 15 is 0 Å². The summed E-state index contributed by atoms with van der Waals surface area (Å²) in [6.45, 7) is 2.56. The molecule has 156 valence electrons. The summed E-state index contributed by atoms with van der Waals surface area (Å²) in [7, 11) is 1.80. The number of hydrogen-bond acceptors (Lipinski definition) is 4. The zero-order valence-corrected chi connectivity index (χ0v) is 17.1. The van der Waals surface area contributed by atoms with Crippen LogP contribution in [0.5, 0.6) is 5.75 Å². The number of hydrogen-bond donors (Lipinski definition) is 3. The van der Waals surface area contributed by atoms with E-state index in [1.165, 1.54) is 10.7 Å². The Labute approximate surface area is 174 Å². The largest absolute Gasteiger partial charge is 0.507 e. The smallest absolute Gasteiger partial charge is 0.342 e. The molecule has 1 aromatic carbocycles. The number of phenolic OH excluding ortho intramolecular Hbond substituents is 1. The highest BCUT2D eigenvalue weighted by Crippen LogP contribution is 2.42. The van der Waals surface area contributed by atoms with E-state index < -0.39 is 0 Å². The lowest BCUT2D eigenvalue weighted by molar-refractivity contribution is 0.101. The standard InChI is InChI=1S/C22H25N5O3/c1-3-10-23-22(30)27-19(14-6-7-14)13-17(25-27)16-12-15(8-9-20(16)28)24-21(29)18-5-4-11-26(18)2/h4-5,8-9,11-14,28H,3,6-7,10H2,1-2H3,(H,23,30)(H,24,29). The van der Waals surface area contributed by atoms with Crippen LogP contribution in [0.4, 0.5) is 10.5 Å². The third-order valence-corrected chi connectivity index (χ3v) is 5.16. The molecule has 1 aliphatic carbocycles. The summed E-state index contributed by atoms with van der Waals surface area (Å²) in [5, 5.41) is 20.6. The van der Waals surface area contributed by atoms with Gasteiger partial charge in [-0.15, -0.1) is 0 Å². The summed E-state index contributed by atoms with van der Waals surface area (Å²) in [5.41, 5.74) is 2.86. The number of rotatable bonds is 6. The van der Waals surface area contributed by atoms with Gasteiger partial charge in [0.25, 0.3) is 5.91 Å². The van der Waals surface area contributed by atoms with E-state index in [0.29, 0.717) is 35.1 Å². The van der Waals surface area contributed by atoms with Crippen molar-refractivity contribution >= 4 is 17.6 Å². The van der Waals surface area contributed by atoms with Gasteiger partial charge in [-0.05, 0) is 55.7 Å². The topological polar surface area (TPSA) is 101 Å². The molecule has 2 amide bonds. The number of anilines is 1. The molecule has 0 bridgehead atoms. The van der Waals surface area contributed by atoms with Crippen LogP contribution in [-0.4, -0.2) is 37.9 Å². The van der Waals surface area contributed by atoms with Gasteiger partial charge in [-0.1, -0.05) is 6.92 Å². The molecule has 0 unspecified atom stereocenters. The van der Waals surface area contributed by atoms with Gasteiger partial charge in [0.05, 0.1) is 11.4 Å². The predicted octanol–water partition coefficient (Wildman–Crippen LogP) is 3.69. The van der Waals surface area contributed by atoms with Gasteiger partial charge in [0.15, 0.2) is 0 Å². The van der Waals surface area contributed by atoms with Gasteiger partial charge >= 0.3 is 6.03 Å². The predicted molar refractivity (Wildman–Crippen MR) is 114 cm³/mol. The van der Waals surface area contributed by atoms with E-state index in [0.717, 1.165) is 25.0 Å². The Morgan fingerprint density at radius 1 is 1.23 bits per heavy atom. The molecular formula is C22H25N5O3. The van der Waals surface area contributed by atoms with Gasteiger partial charge in [-0.25, -0.2) is 4.79 Å². The van der Waals surface area contributed by atoms with Crippen LogP contribution in [0.15, 0.2) is 42.6 Å². The molecular weight excluding hydrogens is 382 g/mol. The fourth-order valence-corrected chi connectivity index (χ4v) is 3.38. The number of carbonyl (C=O) groups is 2. The van der Waals surface area contributed by atoms with Gasteiger partial charge in [0.1, 0.15) is 11.4 Å². The molecule has 8 nitrogen and oxygen atoms in total. The number of amides is 2. The molecule has 4 rings (SSSR count). The summed E-state index contributed by atoms with van der Waals surface area (Å²) in [6.07, 6.45) is 4.67. The van der Waals surface area contributed by atoms with Crippen molar-refractivity contribution in [2.45, 2.75) is 32.1 Å². The van der Waals surface area contributed by atoms with Crippen LogP contribution in [-0.2, 0) is 7.05 Å². The van der Waals surface area contributed by atoms with E-state index in [-0.39, 0.29) is 17.7 Å². The first kappa shape index (κ1) is 19.8. The second kappa shape index (κ2) is 8.06. The van der Waals surface area contributed by atoms with Crippen molar-refractivity contribution in [3.63, 3.8) is 0 Å². The maximum absolute atomic E-state index is 12.5. The summed E-state index contributed by atoms with van der Waals surface area (Å²) < 4.78 is 3.13. The number of benzene rings is 1. The van der Waals surface area contributed by atoms with Crippen LogP contribution >= 0.6 is 0 Å². The minimum absolute atomic E-state index is 0.0350. The van der Waals surface area contributed by atoms with Crippen molar-refractivity contribution in [3.8, 4) is 17.0 Å². The second-order valence-electron chi connectivity index (χ2n) is 7.56. The third kappa shape index (κ3) is 3.94. The summed E-state index contributed by atoms with van der Waals surface area (Å²) >= 11 is 0. The van der Waals surface area contributed by atoms with Crippen LogP contribution in [0.25, 0.3) is 11.3 Å². The normalized spacial score (nSPS) is 13.3. The molecule has 0 spiro atoms. The Morgan fingerprint density at radius 3 is 2.70 bits per heavy atom. The fraction of sp³-hybridized carbons (Fsp3) is 0.318. The third-order valence-electron chi connectivity index (χ3n) is 5.16. The molecule has 8 heteroatoms. The molecule has 0 aliphatic heterocycles. The van der Waals surface area contributed by atoms with Crippen molar-refractivity contribution in [2.75, 3.05) is 11.9 Å². The Hall–Kier alpha value is -3.55. The number of nitrogens with one attached hydrogen (secondary N) is 2. The highest BCUT2D eigenvalue weighted by Gasteiger charge is 2.30. The molecule has 2 aromatic heterocycles. The zero-order valence-electron chi connectivity index (χ0n) is 17.1. The van der Waals surface area contributed by atoms with E-state index in [1.807, 2.05) is 13.0 Å². The fourth-order valence-electron chi connectivity index (χ4n) is 3.38. The number of nitrogens with zero attached hydrogens (tertiary/aromatic N) is 3. The molecule has 0 radical (unpaired) electrons. The van der Waals surface area contributed by atoms with Gasteiger partial charge < -0.3 is 20.3 Å². The average Bonchev–Trinajstić information content (AvgIpc) is 3.33. The number of carbonyl (C=O) groups excluding carboxylic acids is 2. The lowest BCUT2D eigenvalue weighted by Crippen LogP contribution is -2.31. The lowest BCUT2D eigenvalue weighted by Gasteiger charge is -2.09. The van der Waals surface area contributed by atoms with Crippen molar-refractivity contribution in [1.29, 1.82) is 0 Å². The monoisotopic (exact) mass is 407 g/mol. The molecule has 2 heterocycles. The maximum atomic E-state index is 12.5. The second-order valence-corrected chi connectivity index (χ2v) is 7.56. The van der Waals surface area contributed by atoms with Gasteiger partial charge in [-0.3, -0.25) is 4.79 Å². The number of phenols is 1. The van der Waals surface area contributed by atoms with Crippen LogP contribution in [0, 0.1) is 0 Å². The summed E-state index contributed by atoms with van der Waals surface area (Å²) in [6, 6.07) is 9.93. The van der Waals surface area contributed by atoms with Gasteiger partial charge in [0, 0.05) is 37.0 Å². The van der Waals surface area contributed by atoms with Crippen molar-refractivity contribution in [1.82, 2.24) is 19.7 Å².